The molecule has 27 heavy (non-hydrogen) atoms. The van der Waals surface area contributed by atoms with Crippen LogP contribution < -0.4 is 9.62 Å². The quantitative estimate of drug-likeness (QED) is 0.872. The van der Waals surface area contributed by atoms with Gasteiger partial charge in [0, 0.05) is 13.1 Å². The van der Waals surface area contributed by atoms with E-state index in [1.165, 1.54) is 12.0 Å². The molecule has 4 rings (SSSR count). The number of anilines is 2. The Balaban J connectivity index is 1.48. The first-order valence-electron chi connectivity index (χ1n) is 9.73. The third-order valence-electron chi connectivity index (χ3n) is 5.59. The molecule has 1 aromatic heterocycles. The molecule has 0 saturated carbocycles. The summed E-state index contributed by atoms with van der Waals surface area (Å²) in [7, 11) is -3.64. The van der Waals surface area contributed by atoms with Crippen LogP contribution in [0.3, 0.4) is 0 Å². The molecule has 0 amide bonds. The van der Waals surface area contributed by atoms with Crippen LogP contribution in [-0.2, 0) is 22.9 Å². The Morgan fingerprint density at radius 1 is 1.04 bits per heavy atom. The monoisotopic (exact) mass is 386 g/mol. The van der Waals surface area contributed by atoms with E-state index in [0.717, 1.165) is 56.7 Å². The van der Waals surface area contributed by atoms with Crippen LogP contribution in [0.5, 0.6) is 0 Å². The smallest absolute Gasteiger partial charge is 0.262 e. The van der Waals surface area contributed by atoms with Gasteiger partial charge in [-0.1, -0.05) is 13.0 Å². The number of piperidine rings is 1. The Labute approximate surface area is 161 Å². The molecule has 1 N–H and O–H groups in total. The van der Waals surface area contributed by atoms with Gasteiger partial charge < -0.3 is 4.90 Å². The van der Waals surface area contributed by atoms with Crippen LogP contribution in [0.15, 0.2) is 35.5 Å². The van der Waals surface area contributed by atoms with Gasteiger partial charge in [0.25, 0.3) is 10.0 Å². The van der Waals surface area contributed by atoms with Gasteiger partial charge >= 0.3 is 0 Å². The molecule has 2 aromatic rings. The second kappa shape index (κ2) is 7.46. The lowest BCUT2D eigenvalue weighted by molar-refractivity contribution is 0.434. The second-order valence-electron chi connectivity index (χ2n) is 7.68. The van der Waals surface area contributed by atoms with Gasteiger partial charge in [-0.15, -0.1) is 0 Å². The number of hydrogen-bond acceptors (Lipinski definition) is 5. The first-order valence-corrected chi connectivity index (χ1v) is 11.2. The molecule has 7 heteroatoms. The van der Waals surface area contributed by atoms with Gasteiger partial charge in [-0.2, -0.15) is 0 Å². The fourth-order valence-electron chi connectivity index (χ4n) is 3.84. The first-order chi connectivity index (χ1) is 13.0. The normalized spacial score (nSPS) is 18.2. The second-order valence-corrected chi connectivity index (χ2v) is 9.37. The zero-order valence-corrected chi connectivity index (χ0v) is 16.5. The number of nitrogens with zero attached hydrogens (tertiary/aromatic N) is 3. The van der Waals surface area contributed by atoms with Crippen molar-refractivity contribution >= 4 is 21.7 Å². The fourth-order valence-corrected chi connectivity index (χ4v) is 4.92. The molecule has 0 spiro atoms. The molecule has 0 radical (unpaired) electrons. The highest BCUT2D eigenvalue weighted by Crippen LogP contribution is 2.25. The van der Waals surface area contributed by atoms with Gasteiger partial charge in [-0.25, -0.2) is 18.4 Å². The highest BCUT2D eigenvalue weighted by molar-refractivity contribution is 7.92. The van der Waals surface area contributed by atoms with Gasteiger partial charge in [0.15, 0.2) is 0 Å². The number of rotatable bonds is 4. The van der Waals surface area contributed by atoms with E-state index in [4.69, 9.17) is 0 Å². The molecule has 0 unspecified atom stereocenters. The van der Waals surface area contributed by atoms with Crippen molar-refractivity contribution in [1.29, 1.82) is 0 Å². The maximum Gasteiger partial charge on any atom is 0.262 e. The summed E-state index contributed by atoms with van der Waals surface area (Å²) in [6, 6.07) is 5.44. The summed E-state index contributed by atoms with van der Waals surface area (Å²) in [6.45, 7) is 4.15. The highest BCUT2D eigenvalue weighted by atomic mass is 32.2. The van der Waals surface area contributed by atoms with Crippen LogP contribution in [-0.4, -0.2) is 31.5 Å². The van der Waals surface area contributed by atoms with Crippen LogP contribution in [0, 0.1) is 5.92 Å². The average molecular weight is 387 g/mol. The molecule has 2 heterocycles. The average Bonchev–Trinajstić information content (AvgIpc) is 2.68. The SMILES string of the molecule is CC1CCN(c2ncc(NS(=O)(=O)c3ccc4c(c3)CCCC4)cn2)CC1. The van der Waals surface area contributed by atoms with Crippen molar-refractivity contribution in [2.45, 2.75) is 50.3 Å². The summed E-state index contributed by atoms with van der Waals surface area (Å²) in [4.78, 5) is 11.2. The molecule has 6 nitrogen and oxygen atoms in total. The number of aromatic nitrogens is 2. The maximum absolute atomic E-state index is 12.7. The maximum atomic E-state index is 12.7. The third-order valence-corrected chi connectivity index (χ3v) is 6.97. The van der Waals surface area contributed by atoms with E-state index < -0.39 is 10.0 Å². The molecule has 0 bridgehead atoms. The van der Waals surface area contributed by atoms with Crippen LogP contribution in [0.25, 0.3) is 0 Å². The zero-order chi connectivity index (χ0) is 18.9. The Morgan fingerprint density at radius 2 is 1.70 bits per heavy atom. The number of fused-ring (bicyclic) bond motifs is 1. The molecular weight excluding hydrogens is 360 g/mol. The van der Waals surface area contributed by atoms with Crippen molar-refractivity contribution in [2.24, 2.45) is 5.92 Å². The van der Waals surface area contributed by atoms with Crippen LogP contribution in [0.2, 0.25) is 0 Å². The summed E-state index contributed by atoms with van der Waals surface area (Å²) < 4.78 is 28.1. The molecule has 1 aliphatic heterocycles. The van der Waals surface area contributed by atoms with Gasteiger partial charge in [-0.05, 0) is 67.7 Å². The molecule has 144 valence electrons. The van der Waals surface area contributed by atoms with Gasteiger partial charge in [0.05, 0.1) is 23.0 Å². The minimum atomic E-state index is -3.64. The molecular formula is C20H26N4O2S. The predicted octanol–water partition coefficient (Wildman–Crippen LogP) is 3.39. The van der Waals surface area contributed by atoms with Crippen molar-refractivity contribution < 1.29 is 8.42 Å². The van der Waals surface area contributed by atoms with Crippen molar-refractivity contribution in [3.63, 3.8) is 0 Å². The molecule has 1 saturated heterocycles. The summed E-state index contributed by atoms with van der Waals surface area (Å²) in [6.07, 6.45) is 9.66. The summed E-state index contributed by atoms with van der Waals surface area (Å²) >= 11 is 0. The van der Waals surface area contributed by atoms with Gasteiger partial charge in [0.1, 0.15) is 0 Å². The largest absolute Gasteiger partial charge is 0.341 e. The molecule has 2 aliphatic rings. The lowest BCUT2D eigenvalue weighted by Crippen LogP contribution is -2.34. The Bertz CT molecular complexity index is 904. The molecule has 0 atom stereocenters. The van der Waals surface area contributed by atoms with Crippen molar-refractivity contribution in [3.8, 4) is 0 Å². The van der Waals surface area contributed by atoms with E-state index >= 15 is 0 Å². The van der Waals surface area contributed by atoms with E-state index in [9.17, 15) is 8.42 Å². The Kier molecular flexibility index (Phi) is 5.04. The predicted molar refractivity (Wildman–Crippen MR) is 107 cm³/mol. The van der Waals surface area contributed by atoms with E-state index in [0.29, 0.717) is 16.5 Å². The van der Waals surface area contributed by atoms with Gasteiger partial charge in [-0.3, -0.25) is 4.72 Å². The number of hydrogen-bond donors (Lipinski definition) is 1. The van der Waals surface area contributed by atoms with E-state index in [-0.39, 0.29) is 0 Å². The number of aryl methyl sites for hydroxylation is 2. The number of sulfonamides is 1. The van der Waals surface area contributed by atoms with E-state index in [1.54, 1.807) is 24.5 Å². The minimum Gasteiger partial charge on any atom is -0.341 e. The van der Waals surface area contributed by atoms with E-state index in [1.807, 2.05) is 6.07 Å². The van der Waals surface area contributed by atoms with Crippen LogP contribution in [0.1, 0.15) is 43.7 Å². The van der Waals surface area contributed by atoms with Crippen LogP contribution >= 0.6 is 0 Å². The van der Waals surface area contributed by atoms with Crippen molar-refractivity contribution in [1.82, 2.24) is 9.97 Å². The van der Waals surface area contributed by atoms with Crippen LogP contribution in [0.4, 0.5) is 11.6 Å². The zero-order valence-electron chi connectivity index (χ0n) is 15.7. The Hall–Kier alpha value is -2.15. The number of benzene rings is 1. The molecule has 1 aromatic carbocycles. The minimum absolute atomic E-state index is 0.303. The molecule has 1 aliphatic carbocycles. The van der Waals surface area contributed by atoms with Crippen molar-refractivity contribution in [3.05, 3.63) is 41.7 Å². The van der Waals surface area contributed by atoms with Crippen molar-refractivity contribution in [2.75, 3.05) is 22.7 Å². The van der Waals surface area contributed by atoms with E-state index in [2.05, 4.69) is 26.5 Å². The number of nitrogens with one attached hydrogen (secondary N) is 1. The summed E-state index contributed by atoms with van der Waals surface area (Å²) in [5.74, 6) is 1.41. The first kappa shape index (κ1) is 18.2. The summed E-state index contributed by atoms with van der Waals surface area (Å²) in [5.41, 5.74) is 2.81. The highest BCUT2D eigenvalue weighted by Gasteiger charge is 2.20. The standard InChI is InChI=1S/C20H26N4O2S/c1-15-8-10-24(11-9-15)20-21-13-18(14-22-20)23-27(25,26)19-7-6-16-4-2-3-5-17(16)12-19/h6-7,12-15,23H,2-5,8-11H2,1H3. The topological polar surface area (TPSA) is 75.2 Å². The lowest BCUT2D eigenvalue weighted by Gasteiger charge is -2.30. The van der Waals surface area contributed by atoms with Gasteiger partial charge in [0.2, 0.25) is 5.95 Å². The lowest BCUT2D eigenvalue weighted by atomic mass is 9.92. The fraction of sp³-hybridized carbons (Fsp3) is 0.500. The Morgan fingerprint density at radius 3 is 2.41 bits per heavy atom. The summed E-state index contributed by atoms with van der Waals surface area (Å²) in [5, 5.41) is 0. The third kappa shape index (κ3) is 4.08. The molecule has 1 fully saturated rings.